The highest BCUT2D eigenvalue weighted by Crippen LogP contribution is 2.25. The summed E-state index contributed by atoms with van der Waals surface area (Å²) in [6, 6.07) is 0. The van der Waals surface area contributed by atoms with E-state index >= 15 is 0 Å². The summed E-state index contributed by atoms with van der Waals surface area (Å²) in [4.78, 5) is 10.9. The normalized spacial score (nSPS) is 11.2. The fraction of sp³-hybridized carbons (Fsp3) is 0.700. The maximum Gasteiger partial charge on any atom is 0.155 e. The van der Waals surface area contributed by atoms with Crippen LogP contribution in [0.3, 0.4) is 0 Å². The minimum atomic E-state index is 0.125. The first-order valence-electron chi connectivity index (χ1n) is 4.37. The van der Waals surface area contributed by atoms with Crippen molar-refractivity contribution in [1.82, 2.24) is 0 Å². The van der Waals surface area contributed by atoms with Crippen molar-refractivity contribution in [2.75, 3.05) is 6.54 Å². The second kappa shape index (κ2) is 5.09. The summed E-state index contributed by atoms with van der Waals surface area (Å²) < 4.78 is 0. The van der Waals surface area contributed by atoms with Gasteiger partial charge in [0.05, 0.1) is 0 Å². The van der Waals surface area contributed by atoms with Gasteiger partial charge >= 0.3 is 0 Å². The van der Waals surface area contributed by atoms with Crippen LogP contribution in [0.2, 0.25) is 0 Å². The van der Waals surface area contributed by atoms with Gasteiger partial charge in [0.1, 0.15) is 0 Å². The van der Waals surface area contributed by atoms with Gasteiger partial charge in [-0.2, -0.15) is 0 Å². The molecule has 0 amide bonds. The third-order valence-electron chi connectivity index (χ3n) is 2.10. The van der Waals surface area contributed by atoms with Crippen molar-refractivity contribution >= 4 is 5.78 Å². The number of rotatable bonds is 6. The first-order chi connectivity index (χ1) is 5.52. The number of ketones is 1. The summed E-state index contributed by atoms with van der Waals surface area (Å²) in [5, 5.41) is 0. The van der Waals surface area contributed by atoms with Gasteiger partial charge in [-0.1, -0.05) is 20.4 Å². The predicted molar refractivity (Wildman–Crippen MR) is 51.9 cm³/mol. The molecular formula is C10H19NO. The molecule has 2 nitrogen and oxygen atoms in total. The fourth-order valence-electron chi connectivity index (χ4n) is 1.08. The first kappa shape index (κ1) is 11.4. The Kier molecular flexibility index (Phi) is 4.83. The van der Waals surface area contributed by atoms with Gasteiger partial charge in [0, 0.05) is 6.42 Å². The Morgan fingerprint density at radius 1 is 1.50 bits per heavy atom. The van der Waals surface area contributed by atoms with E-state index < -0.39 is 0 Å². The van der Waals surface area contributed by atoms with Crippen LogP contribution >= 0.6 is 0 Å². The Labute approximate surface area is 74.8 Å². The quantitative estimate of drug-likeness (QED) is 0.617. The largest absolute Gasteiger partial charge is 0.330 e. The molecule has 0 saturated heterocycles. The minimum Gasteiger partial charge on any atom is -0.330 e. The van der Waals surface area contributed by atoms with E-state index in [4.69, 9.17) is 5.73 Å². The molecule has 0 aliphatic rings. The van der Waals surface area contributed by atoms with Gasteiger partial charge in [0.15, 0.2) is 5.78 Å². The third kappa shape index (κ3) is 5.08. The molecule has 0 aromatic rings. The Balaban J connectivity index is 3.74. The van der Waals surface area contributed by atoms with Crippen LogP contribution in [0.1, 0.15) is 33.1 Å². The van der Waals surface area contributed by atoms with Gasteiger partial charge in [0.2, 0.25) is 0 Å². The molecule has 12 heavy (non-hydrogen) atoms. The van der Waals surface area contributed by atoms with Gasteiger partial charge in [-0.25, -0.2) is 0 Å². The Morgan fingerprint density at radius 2 is 2.08 bits per heavy atom. The monoisotopic (exact) mass is 169 g/mol. The van der Waals surface area contributed by atoms with Gasteiger partial charge in [-0.3, -0.25) is 4.79 Å². The van der Waals surface area contributed by atoms with E-state index in [2.05, 4.69) is 20.4 Å². The van der Waals surface area contributed by atoms with Crippen LogP contribution in [0.4, 0.5) is 0 Å². The number of hydrogen-bond donors (Lipinski definition) is 1. The Morgan fingerprint density at radius 3 is 2.50 bits per heavy atom. The number of carbonyl (C=O) groups is 1. The zero-order valence-corrected chi connectivity index (χ0v) is 8.10. The summed E-state index contributed by atoms with van der Waals surface area (Å²) in [5.41, 5.74) is 5.64. The van der Waals surface area contributed by atoms with Gasteiger partial charge in [0.25, 0.3) is 0 Å². The molecule has 0 aromatic carbocycles. The molecule has 2 heteroatoms. The molecule has 0 unspecified atom stereocenters. The lowest BCUT2D eigenvalue weighted by Gasteiger charge is -2.22. The molecule has 0 bridgehead atoms. The predicted octanol–water partition coefficient (Wildman–Crippen LogP) is 1.90. The van der Waals surface area contributed by atoms with E-state index in [1.807, 2.05) is 0 Å². The number of hydrogen-bond acceptors (Lipinski definition) is 2. The molecule has 2 N–H and O–H groups in total. The number of carbonyl (C=O) groups excluding carboxylic acids is 1. The number of allylic oxidation sites excluding steroid dienone is 1. The second-order valence-corrected chi connectivity index (χ2v) is 3.87. The molecule has 0 saturated carbocycles. The molecule has 0 aromatic heterocycles. The lowest BCUT2D eigenvalue weighted by atomic mass is 9.84. The Bertz CT molecular complexity index is 161. The van der Waals surface area contributed by atoms with Crippen molar-refractivity contribution in [3.05, 3.63) is 12.7 Å². The molecule has 0 aliphatic heterocycles. The summed E-state index contributed by atoms with van der Waals surface area (Å²) in [7, 11) is 0. The molecule has 0 spiro atoms. The van der Waals surface area contributed by atoms with Crippen LogP contribution in [-0.4, -0.2) is 12.3 Å². The molecular weight excluding hydrogens is 150 g/mol. The summed E-state index contributed by atoms with van der Waals surface area (Å²) in [6.07, 6.45) is 3.85. The van der Waals surface area contributed by atoms with Crippen molar-refractivity contribution in [3.8, 4) is 0 Å². The van der Waals surface area contributed by atoms with Crippen molar-refractivity contribution in [2.45, 2.75) is 33.1 Å². The average Bonchev–Trinajstić information content (AvgIpc) is 2.00. The molecule has 0 radical (unpaired) electrons. The highest BCUT2D eigenvalue weighted by molar-refractivity contribution is 5.88. The van der Waals surface area contributed by atoms with Crippen molar-refractivity contribution in [2.24, 2.45) is 11.1 Å². The molecule has 0 atom stereocenters. The fourth-order valence-corrected chi connectivity index (χ4v) is 1.08. The smallest absolute Gasteiger partial charge is 0.155 e. The molecule has 0 fully saturated rings. The highest BCUT2D eigenvalue weighted by Gasteiger charge is 2.17. The van der Waals surface area contributed by atoms with Crippen molar-refractivity contribution in [1.29, 1.82) is 0 Å². The zero-order chi connectivity index (χ0) is 9.61. The SMILES string of the molecule is C=CC(=O)CCC(C)(C)CCN. The minimum absolute atomic E-state index is 0.125. The standard InChI is InChI=1S/C10H19NO/c1-4-9(12)5-6-10(2,3)7-8-11/h4H,1,5-8,11H2,2-3H3. The lowest BCUT2D eigenvalue weighted by molar-refractivity contribution is -0.115. The molecule has 0 heterocycles. The number of nitrogens with two attached hydrogens (primary N) is 1. The summed E-state index contributed by atoms with van der Waals surface area (Å²) in [5.74, 6) is 0.125. The maximum absolute atomic E-state index is 10.9. The average molecular weight is 169 g/mol. The topological polar surface area (TPSA) is 43.1 Å². The van der Waals surface area contributed by atoms with E-state index in [0.29, 0.717) is 13.0 Å². The van der Waals surface area contributed by atoms with Crippen LogP contribution in [0, 0.1) is 5.41 Å². The summed E-state index contributed by atoms with van der Waals surface area (Å²) in [6.45, 7) is 8.39. The van der Waals surface area contributed by atoms with Crippen molar-refractivity contribution < 1.29 is 4.79 Å². The van der Waals surface area contributed by atoms with Gasteiger partial charge < -0.3 is 5.73 Å². The van der Waals surface area contributed by atoms with Gasteiger partial charge in [-0.15, -0.1) is 0 Å². The highest BCUT2D eigenvalue weighted by atomic mass is 16.1. The van der Waals surface area contributed by atoms with E-state index in [9.17, 15) is 4.79 Å². The van der Waals surface area contributed by atoms with E-state index in [-0.39, 0.29) is 11.2 Å². The zero-order valence-electron chi connectivity index (χ0n) is 8.10. The van der Waals surface area contributed by atoms with Crippen LogP contribution < -0.4 is 5.73 Å². The molecule has 70 valence electrons. The lowest BCUT2D eigenvalue weighted by Crippen LogP contribution is -2.17. The summed E-state index contributed by atoms with van der Waals surface area (Å²) >= 11 is 0. The Hall–Kier alpha value is -0.630. The third-order valence-corrected chi connectivity index (χ3v) is 2.10. The van der Waals surface area contributed by atoms with Crippen LogP contribution in [-0.2, 0) is 4.79 Å². The maximum atomic E-state index is 10.9. The van der Waals surface area contributed by atoms with Crippen LogP contribution in [0.15, 0.2) is 12.7 Å². The molecule has 0 rings (SSSR count). The van der Waals surface area contributed by atoms with E-state index in [1.54, 1.807) is 0 Å². The molecule has 0 aliphatic carbocycles. The van der Waals surface area contributed by atoms with Crippen LogP contribution in [0.5, 0.6) is 0 Å². The van der Waals surface area contributed by atoms with Crippen molar-refractivity contribution in [3.63, 3.8) is 0 Å². The van der Waals surface area contributed by atoms with E-state index in [1.165, 1.54) is 6.08 Å². The van der Waals surface area contributed by atoms with Gasteiger partial charge in [-0.05, 0) is 30.9 Å². The second-order valence-electron chi connectivity index (χ2n) is 3.87. The van der Waals surface area contributed by atoms with E-state index in [0.717, 1.165) is 12.8 Å². The van der Waals surface area contributed by atoms with Crippen LogP contribution in [0.25, 0.3) is 0 Å². The first-order valence-corrected chi connectivity index (χ1v) is 4.37.